The van der Waals surface area contributed by atoms with E-state index in [1.54, 1.807) is 30.5 Å². The zero-order valence-electron chi connectivity index (χ0n) is 15.3. The minimum Gasteiger partial charge on any atom is -0.337 e. The molecule has 0 atom stereocenters. The molecule has 0 aliphatic rings. The van der Waals surface area contributed by atoms with E-state index in [2.05, 4.69) is 15.3 Å². The lowest BCUT2D eigenvalue weighted by atomic mass is 10.2. The second-order valence-electron chi connectivity index (χ2n) is 5.92. The summed E-state index contributed by atoms with van der Waals surface area (Å²) < 4.78 is 0. The number of hydrogen-bond acceptors (Lipinski definition) is 4. The zero-order valence-corrected chi connectivity index (χ0v) is 15.3. The number of carbonyl (C=O) groups is 2. The Labute approximate surface area is 154 Å². The first-order valence-electron chi connectivity index (χ1n) is 8.65. The van der Waals surface area contributed by atoms with Crippen LogP contribution in [0.3, 0.4) is 0 Å². The Kier molecular flexibility index (Phi) is 7.54. The predicted molar refractivity (Wildman–Crippen MR) is 99.3 cm³/mol. The molecular weight excluding hydrogens is 330 g/mol. The van der Waals surface area contributed by atoms with Crippen LogP contribution in [0.5, 0.6) is 0 Å². The molecule has 3 amide bonds. The Bertz CT molecular complexity index is 694. The Morgan fingerprint density at radius 1 is 1.15 bits per heavy atom. The molecule has 0 radical (unpaired) electrons. The van der Waals surface area contributed by atoms with Crippen molar-refractivity contribution < 1.29 is 9.59 Å². The summed E-state index contributed by atoms with van der Waals surface area (Å²) >= 11 is 0. The van der Waals surface area contributed by atoms with E-state index < -0.39 is 0 Å². The number of carbonyl (C=O) groups excluding carboxylic acids is 2. The van der Waals surface area contributed by atoms with Crippen LogP contribution in [0.4, 0.5) is 4.79 Å². The van der Waals surface area contributed by atoms with E-state index in [0.29, 0.717) is 26.1 Å². The van der Waals surface area contributed by atoms with Gasteiger partial charge in [0.15, 0.2) is 0 Å². The summed E-state index contributed by atoms with van der Waals surface area (Å²) in [5.41, 5.74) is 1.89. The van der Waals surface area contributed by atoms with Crippen molar-refractivity contribution in [2.45, 2.75) is 19.9 Å². The van der Waals surface area contributed by atoms with Crippen molar-refractivity contribution in [3.05, 3.63) is 60.2 Å². The number of amides is 3. The first-order valence-corrected chi connectivity index (χ1v) is 8.65. The van der Waals surface area contributed by atoms with Crippen LogP contribution in [0.15, 0.2) is 48.9 Å². The van der Waals surface area contributed by atoms with E-state index in [1.807, 2.05) is 37.3 Å². The summed E-state index contributed by atoms with van der Waals surface area (Å²) in [5.74, 6) is -0.105. The second-order valence-corrected chi connectivity index (χ2v) is 5.92. The smallest absolute Gasteiger partial charge is 0.317 e. The highest BCUT2D eigenvalue weighted by molar-refractivity contribution is 5.83. The molecule has 2 rings (SSSR count). The number of nitrogens with one attached hydrogen (secondary N) is 1. The van der Waals surface area contributed by atoms with Crippen LogP contribution >= 0.6 is 0 Å². The molecule has 7 nitrogen and oxygen atoms in total. The molecular formula is C19H25N5O2. The maximum atomic E-state index is 12.4. The molecule has 0 aliphatic carbocycles. The fourth-order valence-corrected chi connectivity index (χ4v) is 2.42. The number of likely N-dealkylation sites (N-methyl/N-ethyl adjacent to an activating group) is 2. The van der Waals surface area contributed by atoms with Crippen LogP contribution in [0.25, 0.3) is 0 Å². The fourth-order valence-electron chi connectivity index (χ4n) is 2.42. The molecule has 1 N–H and O–H groups in total. The summed E-state index contributed by atoms with van der Waals surface area (Å²) in [6.07, 6.45) is 5.53. The lowest BCUT2D eigenvalue weighted by Crippen LogP contribution is -2.44. The van der Waals surface area contributed by atoms with Crippen LogP contribution in [-0.4, -0.2) is 58.4 Å². The zero-order chi connectivity index (χ0) is 18.8. The highest BCUT2D eigenvalue weighted by Gasteiger charge is 2.15. The number of urea groups is 1. The summed E-state index contributed by atoms with van der Waals surface area (Å²) in [7, 11) is 1.69. The van der Waals surface area contributed by atoms with Crippen molar-refractivity contribution in [3.63, 3.8) is 0 Å². The van der Waals surface area contributed by atoms with E-state index in [1.165, 1.54) is 4.90 Å². The molecule has 0 saturated carbocycles. The molecule has 0 fully saturated rings. The van der Waals surface area contributed by atoms with Crippen LogP contribution < -0.4 is 5.32 Å². The van der Waals surface area contributed by atoms with Gasteiger partial charge in [0.25, 0.3) is 0 Å². The molecule has 7 heteroatoms. The normalized spacial score (nSPS) is 10.2. The number of hydrogen-bond donors (Lipinski definition) is 1. The van der Waals surface area contributed by atoms with E-state index in [9.17, 15) is 9.59 Å². The second kappa shape index (κ2) is 10.1. The first kappa shape index (κ1) is 19.4. The molecule has 26 heavy (non-hydrogen) atoms. The molecule has 0 aliphatic heterocycles. The molecule has 0 saturated heterocycles. The number of benzene rings is 1. The van der Waals surface area contributed by atoms with Gasteiger partial charge < -0.3 is 15.1 Å². The summed E-state index contributed by atoms with van der Waals surface area (Å²) in [6.45, 7) is 3.53. The molecule has 0 bridgehead atoms. The summed E-state index contributed by atoms with van der Waals surface area (Å²) in [5, 5.41) is 2.68. The molecule has 2 aromatic rings. The molecule has 1 aromatic carbocycles. The highest BCUT2D eigenvalue weighted by Crippen LogP contribution is 2.04. The van der Waals surface area contributed by atoms with Gasteiger partial charge in [0, 0.05) is 51.7 Å². The van der Waals surface area contributed by atoms with Crippen molar-refractivity contribution in [3.8, 4) is 0 Å². The van der Waals surface area contributed by atoms with Crippen LogP contribution in [-0.2, 0) is 17.8 Å². The summed E-state index contributed by atoms with van der Waals surface area (Å²) in [4.78, 5) is 35.9. The van der Waals surface area contributed by atoms with E-state index in [4.69, 9.17) is 0 Å². The maximum absolute atomic E-state index is 12.4. The minimum absolute atomic E-state index is 0.0189. The van der Waals surface area contributed by atoms with Crippen molar-refractivity contribution in [2.75, 3.05) is 26.7 Å². The average molecular weight is 355 g/mol. The van der Waals surface area contributed by atoms with Crippen LogP contribution in [0.1, 0.15) is 18.2 Å². The van der Waals surface area contributed by atoms with Gasteiger partial charge in [0.1, 0.15) is 0 Å². The number of aromatic nitrogens is 2. The van der Waals surface area contributed by atoms with Gasteiger partial charge in [-0.1, -0.05) is 30.3 Å². The van der Waals surface area contributed by atoms with Gasteiger partial charge in [-0.2, -0.15) is 0 Å². The number of rotatable bonds is 8. The van der Waals surface area contributed by atoms with Gasteiger partial charge in [0.2, 0.25) is 5.91 Å². The third-order valence-electron chi connectivity index (χ3n) is 4.01. The Hall–Kier alpha value is -2.96. The van der Waals surface area contributed by atoms with Crippen molar-refractivity contribution in [1.82, 2.24) is 25.1 Å². The molecule has 0 unspecified atom stereocenters. The molecule has 1 heterocycles. The topological polar surface area (TPSA) is 78.4 Å². The first-order chi connectivity index (χ1) is 12.6. The number of nitrogens with zero attached hydrogens (tertiary/aromatic N) is 4. The fraction of sp³-hybridized carbons (Fsp3) is 0.368. The van der Waals surface area contributed by atoms with Crippen molar-refractivity contribution in [1.29, 1.82) is 0 Å². The van der Waals surface area contributed by atoms with Crippen molar-refractivity contribution >= 4 is 11.9 Å². The Balaban J connectivity index is 1.76. The van der Waals surface area contributed by atoms with Gasteiger partial charge in [-0.05, 0) is 12.5 Å². The Morgan fingerprint density at radius 3 is 2.58 bits per heavy atom. The Morgan fingerprint density at radius 2 is 1.92 bits per heavy atom. The SMILES string of the molecule is CCN(Cc1ccccc1)C(=O)CNC(=O)N(C)CCc1cnccn1. The maximum Gasteiger partial charge on any atom is 0.317 e. The van der Waals surface area contributed by atoms with Gasteiger partial charge in [0.05, 0.1) is 12.2 Å². The predicted octanol–water partition coefficient (Wildman–Crippen LogP) is 1.71. The van der Waals surface area contributed by atoms with Gasteiger partial charge in [-0.25, -0.2) is 4.79 Å². The highest BCUT2D eigenvalue weighted by atomic mass is 16.2. The summed E-state index contributed by atoms with van der Waals surface area (Å²) in [6, 6.07) is 9.52. The lowest BCUT2D eigenvalue weighted by molar-refractivity contribution is -0.130. The monoisotopic (exact) mass is 355 g/mol. The third-order valence-corrected chi connectivity index (χ3v) is 4.01. The quantitative estimate of drug-likeness (QED) is 0.782. The van der Waals surface area contributed by atoms with E-state index in [-0.39, 0.29) is 18.5 Å². The minimum atomic E-state index is -0.280. The van der Waals surface area contributed by atoms with Gasteiger partial charge in [-0.3, -0.25) is 14.8 Å². The lowest BCUT2D eigenvalue weighted by Gasteiger charge is -2.22. The third kappa shape index (κ3) is 6.16. The average Bonchev–Trinajstić information content (AvgIpc) is 2.69. The van der Waals surface area contributed by atoms with Crippen LogP contribution in [0.2, 0.25) is 0 Å². The van der Waals surface area contributed by atoms with E-state index >= 15 is 0 Å². The van der Waals surface area contributed by atoms with Crippen molar-refractivity contribution in [2.24, 2.45) is 0 Å². The van der Waals surface area contributed by atoms with Gasteiger partial charge in [-0.15, -0.1) is 0 Å². The van der Waals surface area contributed by atoms with Gasteiger partial charge >= 0.3 is 6.03 Å². The molecule has 1 aromatic heterocycles. The van der Waals surface area contributed by atoms with E-state index in [0.717, 1.165) is 11.3 Å². The van der Waals surface area contributed by atoms with Crippen LogP contribution in [0, 0.1) is 0 Å². The standard InChI is InChI=1S/C19H25N5O2/c1-3-24(15-16-7-5-4-6-8-16)18(25)14-22-19(26)23(2)12-9-17-13-20-10-11-21-17/h4-8,10-11,13H,3,9,12,14-15H2,1-2H3,(H,22,26). The largest absolute Gasteiger partial charge is 0.337 e. The molecule has 138 valence electrons. The molecule has 0 spiro atoms.